The van der Waals surface area contributed by atoms with E-state index < -0.39 is 0 Å². The summed E-state index contributed by atoms with van der Waals surface area (Å²) >= 11 is 0. The molecular formula is C20H16ClN3O. The van der Waals surface area contributed by atoms with Crippen LogP contribution in [0.4, 0.5) is 0 Å². The van der Waals surface area contributed by atoms with Crippen LogP contribution in [0, 0.1) is 0 Å². The fraction of sp³-hybridized carbons (Fsp3) is 0.0500. The number of hydrogen-bond donors (Lipinski definition) is 1. The molecule has 25 heavy (non-hydrogen) atoms. The third-order valence-electron chi connectivity index (χ3n) is 4.73. The fourth-order valence-corrected chi connectivity index (χ4v) is 3.55. The highest BCUT2D eigenvalue weighted by molar-refractivity contribution is 6.11. The molecule has 4 nitrogen and oxygen atoms in total. The van der Waals surface area contributed by atoms with Gasteiger partial charge in [-0.05, 0) is 36.4 Å². The first-order chi connectivity index (χ1) is 11.7. The Morgan fingerprint density at radius 1 is 0.920 bits per heavy atom. The van der Waals surface area contributed by atoms with Crippen LogP contribution in [0.5, 0.6) is 5.75 Å². The van der Waals surface area contributed by atoms with Crippen LogP contribution in [0.2, 0.25) is 0 Å². The van der Waals surface area contributed by atoms with E-state index in [0.29, 0.717) is 0 Å². The average Bonchev–Trinajstić information content (AvgIpc) is 3.16. The summed E-state index contributed by atoms with van der Waals surface area (Å²) in [5, 5.41) is 12.0. The van der Waals surface area contributed by atoms with Crippen molar-refractivity contribution in [3.63, 3.8) is 0 Å². The molecule has 0 fully saturated rings. The van der Waals surface area contributed by atoms with Gasteiger partial charge in [0.05, 0.1) is 6.20 Å². The largest absolute Gasteiger partial charge is 1.00 e. The number of phenolic OH excluding ortho intramolecular Hbond substituents is 1. The van der Waals surface area contributed by atoms with Gasteiger partial charge in [0.1, 0.15) is 23.2 Å². The summed E-state index contributed by atoms with van der Waals surface area (Å²) < 4.78 is 6.46. The Labute approximate surface area is 150 Å². The molecule has 5 rings (SSSR count). The molecule has 2 aromatic carbocycles. The highest BCUT2D eigenvalue weighted by atomic mass is 35.5. The molecule has 0 unspecified atom stereocenters. The van der Waals surface area contributed by atoms with Gasteiger partial charge in [0.2, 0.25) is 0 Å². The first kappa shape index (κ1) is 15.5. The van der Waals surface area contributed by atoms with Gasteiger partial charge in [0.25, 0.3) is 6.33 Å². The molecule has 0 aliphatic carbocycles. The summed E-state index contributed by atoms with van der Waals surface area (Å²) in [7, 11) is 2.11. The van der Waals surface area contributed by atoms with E-state index in [4.69, 9.17) is 0 Å². The molecule has 0 aliphatic rings. The average molecular weight is 350 g/mol. The lowest BCUT2D eigenvalue weighted by atomic mass is 10.2. The van der Waals surface area contributed by atoms with E-state index in [1.807, 2.05) is 12.1 Å². The van der Waals surface area contributed by atoms with Crippen LogP contribution in [0.3, 0.4) is 0 Å². The van der Waals surface area contributed by atoms with Gasteiger partial charge in [0.15, 0.2) is 5.52 Å². The third kappa shape index (κ3) is 2.18. The molecule has 0 radical (unpaired) electrons. The second-order valence-corrected chi connectivity index (χ2v) is 6.11. The molecule has 3 heterocycles. The van der Waals surface area contributed by atoms with Crippen molar-refractivity contribution in [1.82, 2.24) is 9.13 Å². The van der Waals surface area contributed by atoms with Crippen molar-refractivity contribution in [2.24, 2.45) is 7.05 Å². The standard InChI is InChI=1S/C20H15N3O.ClH/c1-21-18-5-3-2-4-16(18)17-10-11-22-13-23(12-19(22)20(17)21)14-6-8-15(24)9-7-14;/h2-13H,1H3;1H. The minimum Gasteiger partial charge on any atom is -1.00 e. The van der Waals surface area contributed by atoms with Gasteiger partial charge in [-0.25, -0.2) is 8.97 Å². The zero-order valence-corrected chi connectivity index (χ0v) is 14.4. The number of halogens is 1. The van der Waals surface area contributed by atoms with Crippen molar-refractivity contribution in [3.05, 3.63) is 73.3 Å². The van der Waals surface area contributed by atoms with E-state index in [0.717, 1.165) is 11.2 Å². The fourth-order valence-electron chi connectivity index (χ4n) is 3.55. The van der Waals surface area contributed by atoms with Gasteiger partial charge in [0, 0.05) is 23.3 Å². The molecule has 124 valence electrons. The summed E-state index contributed by atoms with van der Waals surface area (Å²) in [5.74, 6) is 0.277. The van der Waals surface area contributed by atoms with Crippen LogP contribution in [0.15, 0.2) is 73.3 Å². The predicted molar refractivity (Wildman–Crippen MR) is 94.6 cm³/mol. The van der Waals surface area contributed by atoms with E-state index in [2.05, 4.69) is 69.6 Å². The molecule has 0 spiro atoms. The van der Waals surface area contributed by atoms with E-state index in [1.54, 1.807) is 12.1 Å². The molecule has 0 amide bonds. The summed E-state index contributed by atoms with van der Waals surface area (Å²) in [6.07, 6.45) is 6.29. The van der Waals surface area contributed by atoms with Gasteiger partial charge >= 0.3 is 0 Å². The lowest BCUT2D eigenvalue weighted by molar-refractivity contribution is -0.510. The highest BCUT2D eigenvalue weighted by Gasteiger charge is 2.17. The molecule has 1 N–H and O–H groups in total. The van der Waals surface area contributed by atoms with Crippen molar-refractivity contribution in [2.45, 2.75) is 0 Å². The molecule has 0 aliphatic heterocycles. The number of hydrogen-bond acceptors (Lipinski definition) is 1. The Hall–Kier alpha value is -2.98. The maximum absolute atomic E-state index is 9.48. The monoisotopic (exact) mass is 349 g/mol. The van der Waals surface area contributed by atoms with Crippen LogP contribution in [0.1, 0.15) is 0 Å². The zero-order chi connectivity index (χ0) is 16.3. The number of aromatic nitrogens is 3. The Morgan fingerprint density at radius 3 is 2.48 bits per heavy atom. The molecule has 0 saturated carbocycles. The van der Waals surface area contributed by atoms with Crippen molar-refractivity contribution in [2.75, 3.05) is 0 Å². The van der Waals surface area contributed by atoms with E-state index >= 15 is 0 Å². The second kappa shape index (κ2) is 5.53. The normalized spacial score (nSPS) is 11.2. The van der Waals surface area contributed by atoms with Crippen LogP contribution < -0.4 is 16.8 Å². The molecular weight excluding hydrogens is 334 g/mol. The van der Waals surface area contributed by atoms with Crippen LogP contribution in [-0.2, 0) is 7.05 Å². The van der Waals surface area contributed by atoms with Crippen LogP contribution in [-0.4, -0.2) is 14.2 Å². The maximum atomic E-state index is 9.48. The van der Waals surface area contributed by atoms with Crippen LogP contribution >= 0.6 is 0 Å². The SMILES string of the molecule is Cn1c2ccccc2c2cc[n+]3cn(-c4ccc(O)cc4)cc3c21.[Cl-]. The van der Waals surface area contributed by atoms with Crippen molar-refractivity contribution in [1.29, 1.82) is 0 Å². The molecule has 0 bridgehead atoms. The van der Waals surface area contributed by atoms with E-state index in [9.17, 15) is 5.11 Å². The summed E-state index contributed by atoms with van der Waals surface area (Å²) in [4.78, 5) is 0. The molecule has 0 saturated heterocycles. The van der Waals surface area contributed by atoms with Gasteiger partial charge in [-0.1, -0.05) is 18.2 Å². The smallest absolute Gasteiger partial charge is 0.254 e. The number of pyridine rings is 1. The third-order valence-corrected chi connectivity index (χ3v) is 4.73. The number of rotatable bonds is 1. The lowest BCUT2D eigenvalue weighted by Crippen LogP contribution is -3.00. The first-order valence-corrected chi connectivity index (χ1v) is 7.91. The summed E-state index contributed by atoms with van der Waals surface area (Å²) in [6.45, 7) is 0. The lowest BCUT2D eigenvalue weighted by Gasteiger charge is -1.96. The minimum atomic E-state index is 0. The first-order valence-electron chi connectivity index (χ1n) is 7.91. The van der Waals surface area contributed by atoms with Gasteiger partial charge in [-0.3, -0.25) is 0 Å². The van der Waals surface area contributed by atoms with Gasteiger partial charge in [-0.2, -0.15) is 0 Å². The number of imidazole rings is 1. The Kier molecular flexibility index (Phi) is 3.44. The summed E-state index contributed by atoms with van der Waals surface area (Å²) in [6, 6.07) is 17.9. The topological polar surface area (TPSA) is 34.2 Å². The molecule has 5 aromatic rings. The predicted octanol–water partition coefficient (Wildman–Crippen LogP) is 0.570. The highest BCUT2D eigenvalue weighted by Crippen LogP contribution is 2.29. The number of para-hydroxylation sites is 1. The summed E-state index contributed by atoms with van der Waals surface area (Å²) in [5.41, 5.74) is 4.62. The van der Waals surface area contributed by atoms with E-state index in [-0.39, 0.29) is 18.2 Å². The van der Waals surface area contributed by atoms with Crippen LogP contribution in [0.25, 0.3) is 33.0 Å². The van der Waals surface area contributed by atoms with Crippen molar-refractivity contribution >= 4 is 27.3 Å². The number of aromatic hydroxyl groups is 1. The Morgan fingerprint density at radius 2 is 1.68 bits per heavy atom. The second-order valence-electron chi connectivity index (χ2n) is 6.11. The maximum Gasteiger partial charge on any atom is 0.254 e. The zero-order valence-electron chi connectivity index (χ0n) is 13.6. The van der Waals surface area contributed by atoms with Crippen molar-refractivity contribution < 1.29 is 21.9 Å². The molecule has 5 heteroatoms. The Balaban J connectivity index is 0.00000157. The van der Waals surface area contributed by atoms with E-state index in [1.165, 1.54) is 21.8 Å². The number of phenols is 1. The minimum absolute atomic E-state index is 0. The molecule has 0 atom stereocenters. The van der Waals surface area contributed by atoms with Gasteiger partial charge in [-0.15, -0.1) is 0 Å². The number of aryl methyl sites for hydroxylation is 1. The van der Waals surface area contributed by atoms with Crippen molar-refractivity contribution in [3.8, 4) is 11.4 Å². The quantitative estimate of drug-likeness (QED) is 0.441. The number of benzene rings is 2. The number of nitrogens with zero attached hydrogens (tertiary/aromatic N) is 3. The Bertz CT molecular complexity index is 1220. The van der Waals surface area contributed by atoms with Gasteiger partial charge < -0.3 is 22.1 Å². The molecule has 3 aromatic heterocycles. The number of fused-ring (bicyclic) bond motifs is 5.